The zero-order valence-electron chi connectivity index (χ0n) is 10.7. The molecule has 5 heteroatoms. The zero-order valence-corrected chi connectivity index (χ0v) is 10.7. The van der Waals surface area contributed by atoms with Gasteiger partial charge in [-0.25, -0.2) is 4.39 Å². The first-order valence-electron chi connectivity index (χ1n) is 5.74. The molecule has 0 aliphatic carbocycles. The maximum Gasteiger partial charge on any atom is 0.252 e. The summed E-state index contributed by atoms with van der Waals surface area (Å²) in [5, 5.41) is 5.10. The van der Waals surface area contributed by atoms with Crippen molar-refractivity contribution in [1.29, 1.82) is 0 Å². The standard InChI is InChI=1S/C13H17FN2O2/c1-8(2)16-12(17)7-15-13(18)11-6-10(14)5-4-9(11)3/h4-6,8H,7H2,1-3H3,(H,15,18)(H,16,17). The predicted molar refractivity (Wildman–Crippen MR) is 66.7 cm³/mol. The van der Waals surface area contributed by atoms with Crippen LogP contribution in [0.3, 0.4) is 0 Å². The smallest absolute Gasteiger partial charge is 0.252 e. The maximum absolute atomic E-state index is 13.0. The lowest BCUT2D eigenvalue weighted by Crippen LogP contribution is -2.40. The molecule has 0 aromatic heterocycles. The van der Waals surface area contributed by atoms with Crippen molar-refractivity contribution in [3.05, 3.63) is 35.1 Å². The molecular weight excluding hydrogens is 235 g/mol. The molecule has 18 heavy (non-hydrogen) atoms. The molecule has 0 atom stereocenters. The Kier molecular flexibility index (Phi) is 4.83. The highest BCUT2D eigenvalue weighted by Crippen LogP contribution is 2.09. The molecular formula is C13H17FN2O2. The normalized spacial score (nSPS) is 10.3. The predicted octanol–water partition coefficient (Wildman–Crippen LogP) is 1.39. The lowest BCUT2D eigenvalue weighted by Gasteiger charge is -2.10. The Labute approximate surface area is 106 Å². The molecule has 2 amide bonds. The first-order valence-corrected chi connectivity index (χ1v) is 5.74. The number of aryl methyl sites for hydroxylation is 1. The van der Waals surface area contributed by atoms with E-state index in [9.17, 15) is 14.0 Å². The highest BCUT2D eigenvalue weighted by Gasteiger charge is 2.11. The number of nitrogens with one attached hydrogen (secondary N) is 2. The van der Waals surface area contributed by atoms with E-state index in [2.05, 4.69) is 10.6 Å². The van der Waals surface area contributed by atoms with Crippen molar-refractivity contribution in [3.8, 4) is 0 Å². The summed E-state index contributed by atoms with van der Waals surface area (Å²) < 4.78 is 13.0. The number of carbonyl (C=O) groups excluding carboxylic acids is 2. The van der Waals surface area contributed by atoms with Crippen LogP contribution in [0.15, 0.2) is 18.2 Å². The van der Waals surface area contributed by atoms with E-state index in [0.29, 0.717) is 5.56 Å². The van der Waals surface area contributed by atoms with Crippen LogP contribution in [0.5, 0.6) is 0 Å². The topological polar surface area (TPSA) is 58.2 Å². The summed E-state index contributed by atoms with van der Waals surface area (Å²) >= 11 is 0. The maximum atomic E-state index is 13.0. The summed E-state index contributed by atoms with van der Waals surface area (Å²) in [6.45, 7) is 5.25. The highest BCUT2D eigenvalue weighted by molar-refractivity contribution is 5.97. The molecule has 0 saturated heterocycles. The van der Waals surface area contributed by atoms with Gasteiger partial charge in [-0.15, -0.1) is 0 Å². The van der Waals surface area contributed by atoms with Gasteiger partial charge < -0.3 is 10.6 Å². The monoisotopic (exact) mass is 252 g/mol. The quantitative estimate of drug-likeness (QED) is 0.850. The van der Waals surface area contributed by atoms with E-state index in [1.165, 1.54) is 12.1 Å². The number of hydrogen-bond donors (Lipinski definition) is 2. The Morgan fingerprint density at radius 3 is 2.61 bits per heavy atom. The minimum Gasteiger partial charge on any atom is -0.352 e. The van der Waals surface area contributed by atoms with E-state index in [1.54, 1.807) is 6.92 Å². The van der Waals surface area contributed by atoms with Crippen LogP contribution in [0.25, 0.3) is 0 Å². The first kappa shape index (κ1) is 14.2. The molecule has 0 unspecified atom stereocenters. The molecule has 0 aliphatic rings. The lowest BCUT2D eigenvalue weighted by atomic mass is 10.1. The van der Waals surface area contributed by atoms with Gasteiger partial charge in [-0.1, -0.05) is 6.07 Å². The molecule has 0 saturated carbocycles. The second-order valence-corrected chi connectivity index (χ2v) is 4.36. The van der Waals surface area contributed by atoms with E-state index >= 15 is 0 Å². The molecule has 0 spiro atoms. The average Bonchev–Trinajstić information content (AvgIpc) is 2.28. The number of carbonyl (C=O) groups is 2. The van der Waals surface area contributed by atoms with Crippen molar-refractivity contribution >= 4 is 11.8 Å². The molecule has 0 radical (unpaired) electrons. The summed E-state index contributed by atoms with van der Waals surface area (Å²) in [5.41, 5.74) is 0.908. The summed E-state index contributed by atoms with van der Waals surface area (Å²) in [6, 6.07) is 3.99. The Morgan fingerprint density at radius 1 is 1.33 bits per heavy atom. The van der Waals surface area contributed by atoms with Crippen LogP contribution in [0, 0.1) is 12.7 Å². The molecule has 98 valence electrons. The first-order chi connectivity index (χ1) is 8.40. The van der Waals surface area contributed by atoms with Crippen molar-refractivity contribution in [1.82, 2.24) is 10.6 Å². The van der Waals surface area contributed by atoms with Crippen LogP contribution in [0.2, 0.25) is 0 Å². The summed E-state index contributed by atoms with van der Waals surface area (Å²) in [7, 11) is 0. The van der Waals surface area contributed by atoms with E-state index in [-0.39, 0.29) is 24.1 Å². The van der Waals surface area contributed by atoms with Crippen molar-refractivity contribution in [2.75, 3.05) is 6.54 Å². The highest BCUT2D eigenvalue weighted by atomic mass is 19.1. The third-order valence-corrected chi connectivity index (χ3v) is 2.30. The molecule has 2 N–H and O–H groups in total. The third kappa shape index (κ3) is 4.16. The number of amides is 2. The molecule has 0 aliphatic heterocycles. The summed E-state index contributed by atoms with van der Waals surface area (Å²) in [4.78, 5) is 23.1. The van der Waals surface area contributed by atoms with Crippen LogP contribution in [-0.2, 0) is 4.79 Å². The molecule has 0 bridgehead atoms. The van der Waals surface area contributed by atoms with Gasteiger partial charge in [-0.05, 0) is 38.5 Å². The van der Waals surface area contributed by atoms with Gasteiger partial charge in [0.25, 0.3) is 5.91 Å². The average molecular weight is 252 g/mol. The molecule has 1 rings (SSSR count). The van der Waals surface area contributed by atoms with E-state index in [4.69, 9.17) is 0 Å². The van der Waals surface area contributed by atoms with Crippen molar-refractivity contribution in [3.63, 3.8) is 0 Å². The molecule has 4 nitrogen and oxygen atoms in total. The van der Waals surface area contributed by atoms with Crippen LogP contribution in [0.4, 0.5) is 4.39 Å². The van der Waals surface area contributed by atoms with Gasteiger partial charge >= 0.3 is 0 Å². The number of halogens is 1. The second kappa shape index (κ2) is 6.14. The largest absolute Gasteiger partial charge is 0.352 e. The number of rotatable bonds is 4. The van der Waals surface area contributed by atoms with Crippen LogP contribution < -0.4 is 10.6 Å². The molecule has 0 fully saturated rings. The van der Waals surface area contributed by atoms with Gasteiger partial charge in [-0.2, -0.15) is 0 Å². The van der Waals surface area contributed by atoms with E-state index in [1.807, 2.05) is 13.8 Å². The fourth-order valence-electron chi connectivity index (χ4n) is 1.47. The van der Waals surface area contributed by atoms with Crippen molar-refractivity contribution in [2.45, 2.75) is 26.8 Å². The van der Waals surface area contributed by atoms with Gasteiger partial charge in [-0.3, -0.25) is 9.59 Å². The minimum absolute atomic E-state index is 0.0188. The summed E-state index contributed by atoms with van der Waals surface area (Å²) in [5.74, 6) is -1.20. The van der Waals surface area contributed by atoms with Crippen LogP contribution in [-0.4, -0.2) is 24.4 Å². The Balaban J connectivity index is 2.60. The molecule has 1 aromatic rings. The number of hydrogen-bond acceptors (Lipinski definition) is 2. The fourth-order valence-corrected chi connectivity index (χ4v) is 1.47. The Bertz CT molecular complexity index is 458. The van der Waals surface area contributed by atoms with E-state index in [0.717, 1.165) is 6.07 Å². The van der Waals surface area contributed by atoms with Gasteiger partial charge in [0, 0.05) is 11.6 Å². The van der Waals surface area contributed by atoms with Gasteiger partial charge in [0.2, 0.25) is 5.91 Å². The summed E-state index contributed by atoms with van der Waals surface area (Å²) in [6.07, 6.45) is 0. The van der Waals surface area contributed by atoms with Gasteiger partial charge in [0.15, 0.2) is 0 Å². The zero-order chi connectivity index (χ0) is 13.7. The minimum atomic E-state index is -0.475. The third-order valence-electron chi connectivity index (χ3n) is 2.30. The van der Waals surface area contributed by atoms with Crippen molar-refractivity contribution in [2.24, 2.45) is 0 Å². The Hall–Kier alpha value is -1.91. The molecule has 1 aromatic carbocycles. The van der Waals surface area contributed by atoms with Crippen LogP contribution >= 0.6 is 0 Å². The van der Waals surface area contributed by atoms with Crippen LogP contribution in [0.1, 0.15) is 29.8 Å². The van der Waals surface area contributed by atoms with Gasteiger partial charge in [0.1, 0.15) is 5.82 Å². The molecule has 0 heterocycles. The van der Waals surface area contributed by atoms with E-state index < -0.39 is 11.7 Å². The van der Waals surface area contributed by atoms with Gasteiger partial charge in [0.05, 0.1) is 6.54 Å². The second-order valence-electron chi connectivity index (χ2n) is 4.36. The lowest BCUT2D eigenvalue weighted by molar-refractivity contribution is -0.120. The Morgan fingerprint density at radius 2 is 2.00 bits per heavy atom. The number of benzene rings is 1. The fraction of sp³-hybridized carbons (Fsp3) is 0.385. The SMILES string of the molecule is Cc1ccc(F)cc1C(=O)NCC(=O)NC(C)C. The van der Waals surface area contributed by atoms with Crippen molar-refractivity contribution < 1.29 is 14.0 Å².